The number of anilines is 2. The Kier molecular flexibility index (Phi) is 6.50. The first-order valence-corrected chi connectivity index (χ1v) is 11.1. The lowest BCUT2D eigenvalue weighted by atomic mass is 10.2. The summed E-state index contributed by atoms with van der Waals surface area (Å²) in [5.74, 6) is 1.68. The predicted molar refractivity (Wildman–Crippen MR) is 125 cm³/mol. The highest BCUT2D eigenvalue weighted by molar-refractivity contribution is 7.98. The van der Waals surface area contributed by atoms with Gasteiger partial charge in [-0.25, -0.2) is 4.68 Å². The summed E-state index contributed by atoms with van der Waals surface area (Å²) in [5, 5.41) is 11.9. The number of ether oxygens (including phenoxy) is 2. The highest BCUT2D eigenvalue weighted by Gasteiger charge is 2.24. The third kappa shape index (κ3) is 4.62. The summed E-state index contributed by atoms with van der Waals surface area (Å²) in [4.78, 5) is 17.2. The third-order valence-corrected chi connectivity index (χ3v) is 5.47. The van der Waals surface area contributed by atoms with Crippen LogP contribution in [-0.2, 0) is 11.3 Å². The van der Waals surface area contributed by atoms with Gasteiger partial charge in [-0.05, 0) is 18.4 Å². The number of aromatic nitrogens is 4. The Morgan fingerprint density at radius 1 is 1.18 bits per heavy atom. The number of carbonyl (C=O) groups excluding carboxylic acids is 1. The van der Waals surface area contributed by atoms with E-state index in [1.54, 1.807) is 25.3 Å². The number of amides is 1. The van der Waals surface area contributed by atoms with Crippen LogP contribution >= 0.6 is 11.8 Å². The smallest absolute Gasteiger partial charge is 0.264 e. The Balaban J connectivity index is 1.57. The molecule has 4 aromatic rings. The van der Waals surface area contributed by atoms with Gasteiger partial charge in [0.1, 0.15) is 34.5 Å². The van der Waals surface area contributed by atoms with Crippen molar-refractivity contribution >= 4 is 29.2 Å². The summed E-state index contributed by atoms with van der Waals surface area (Å²) in [7, 11) is 3.07. The highest BCUT2D eigenvalue weighted by Crippen LogP contribution is 2.35. The van der Waals surface area contributed by atoms with Crippen molar-refractivity contribution in [3.63, 3.8) is 0 Å². The van der Waals surface area contributed by atoms with Gasteiger partial charge in [-0.15, -0.1) is 11.8 Å². The molecule has 0 bridgehead atoms. The van der Waals surface area contributed by atoms with Crippen LogP contribution in [0.5, 0.6) is 11.5 Å². The number of nitrogens with zero attached hydrogens (tertiary/aromatic N) is 4. The largest absolute Gasteiger partial charge is 0.497 e. The van der Waals surface area contributed by atoms with Gasteiger partial charge < -0.3 is 25.0 Å². The molecule has 0 atom stereocenters. The Hall–Kier alpha value is -3.99. The van der Waals surface area contributed by atoms with E-state index in [-0.39, 0.29) is 24.2 Å². The normalized spacial score (nSPS) is 10.8. The standard InChI is InChI=1S/C22H22N6O4S/c1-30-14-9-10-15(16(11-14)31-2)24-17(29)12-28-19(23)18(22(26-28)33-3)21-25-20(27-32-21)13-7-5-4-6-8-13/h4-11H,12,23H2,1-3H3,(H,24,29). The minimum absolute atomic E-state index is 0.117. The summed E-state index contributed by atoms with van der Waals surface area (Å²) in [6.07, 6.45) is 1.85. The topological polar surface area (TPSA) is 130 Å². The van der Waals surface area contributed by atoms with Gasteiger partial charge in [0.2, 0.25) is 11.7 Å². The number of nitrogens with one attached hydrogen (secondary N) is 1. The monoisotopic (exact) mass is 466 g/mol. The van der Waals surface area contributed by atoms with Crippen LogP contribution in [0.1, 0.15) is 0 Å². The van der Waals surface area contributed by atoms with Gasteiger partial charge in [0, 0.05) is 11.6 Å². The van der Waals surface area contributed by atoms with Gasteiger partial charge in [-0.1, -0.05) is 35.5 Å². The van der Waals surface area contributed by atoms with Crippen LogP contribution in [0.25, 0.3) is 22.8 Å². The second kappa shape index (κ2) is 9.65. The fourth-order valence-corrected chi connectivity index (χ4v) is 3.75. The molecular formula is C22H22N6O4S. The van der Waals surface area contributed by atoms with E-state index in [2.05, 4.69) is 20.6 Å². The van der Waals surface area contributed by atoms with Gasteiger partial charge in [0.15, 0.2) is 0 Å². The second-order valence-corrected chi connectivity index (χ2v) is 7.63. The molecule has 0 aliphatic carbocycles. The number of thioether (sulfide) groups is 1. The van der Waals surface area contributed by atoms with E-state index in [0.717, 1.165) is 5.56 Å². The molecule has 4 rings (SSSR count). The Morgan fingerprint density at radius 3 is 2.67 bits per heavy atom. The average Bonchev–Trinajstić information content (AvgIpc) is 3.44. The van der Waals surface area contributed by atoms with Gasteiger partial charge in [-0.3, -0.25) is 4.79 Å². The SMILES string of the molecule is COc1ccc(NC(=O)Cn2nc(SC)c(-c3nc(-c4ccccc4)no3)c2N)c(OC)c1. The van der Waals surface area contributed by atoms with Crippen LogP contribution in [0.2, 0.25) is 0 Å². The average molecular weight is 467 g/mol. The molecule has 10 nitrogen and oxygen atoms in total. The first-order valence-electron chi connectivity index (χ1n) is 9.85. The number of methoxy groups -OCH3 is 2. The molecular weight excluding hydrogens is 444 g/mol. The number of carbonyl (C=O) groups is 1. The summed E-state index contributed by atoms with van der Waals surface area (Å²) in [5.41, 5.74) is 8.15. The first kappa shape index (κ1) is 22.2. The number of benzene rings is 2. The van der Waals surface area contributed by atoms with Gasteiger partial charge >= 0.3 is 0 Å². The van der Waals surface area contributed by atoms with Crippen molar-refractivity contribution in [2.45, 2.75) is 11.6 Å². The number of nitrogens with two attached hydrogens (primary N) is 1. The molecule has 170 valence electrons. The third-order valence-electron chi connectivity index (χ3n) is 4.80. The molecule has 0 unspecified atom stereocenters. The van der Waals surface area contributed by atoms with Crippen molar-refractivity contribution < 1.29 is 18.8 Å². The number of hydrogen-bond donors (Lipinski definition) is 2. The molecule has 0 saturated heterocycles. The molecule has 11 heteroatoms. The molecule has 0 radical (unpaired) electrons. The zero-order valence-corrected chi connectivity index (χ0v) is 19.0. The predicted octanol–water partition coefficient (Wildman–Crippen LogP) is 3.56. The maximum absolute atomic E-state index is 12.7. The van der Waals surface area contributed by atoms with Crippen molar-refractivity contribution in [1.29, 1.82) is 0 Å². The van der Waals surface area contributed by atoms with Crippen LogP contribution < -0.4 is 20.5 Å². The quantitative estimate of drug-likeness (QED) is 0.374. The fourth-order valence-electron chi connectivity index (χ4n) is 3.17. The Bertz CT molecular complexity index is 1270. The fraction of sp³-hybridized carbons (Fsp3) is 0.182. The molecule has 0 aliphatic heterocycles. The molecule has 0 aliphatic rings. The van der Waals surface area contributed by atoms with Gasteiger partial charge in [0.05, 0.1) is 19.9 Å². The molecule has 0 fully saturated rings. The maximum atomic E-state index is 12.7. The lowest BCUT2D eigenvalue weighted by Crippen LogP contribution is -2.21. The molecule has 1 amide bonds. The Morgan fingerprint density at radius 2 is 1.97 bits per heavy atom. The van der Waals surface area contributed by atoms with Crippen molar-refractivity contribution in [3.8, 4) is 34.3 Å². The first-order chi connectivity index (χ1) is 16.0. The van der Waals surface area contributed by atoms with Gasteiger partial charge in [-0.2, -0.15) is 10.1 Å². The molecule has 2 aromatic heterocycles. The van der Waals surface area contributed by atoms with E-state index >= 15 is 0 Å². The Labute approximate surface area is 194 Å². The summed E-state index contributed by atoms with van der Waals surface area (Å²) >= 11 is 1.37. The number of nitrogen functional groups attached to an aromatic ring is 1. The van der Waals surface area contributed by atoms with Gasteiger partial charge in [0.25, 0.3) is 5.89 Å². The maximum Gasteiger partial charge on any atom is 0.264 e. The zero-order valence-electron chi connectivity index (χ0n) is 18.2. The highest BCUT2D eigenvalue weighted by atomic mass is 32.2. The van der Waals surface area contributed by atoms with E-state index in [0.29, 0.717) is 33.6 Å². The van der Waals surface area contributed by atoms with Crippen LogP contribution in [0, 0.1) is 0 Å². The van der Waals surface area contributed by atoms with Crippen LogP contribution in [-0.4, -0.2) is 46.3 Å². The minimum Gasteiger partial charge on any atom is -0.497 e. The van der Waals surface area contributed by atoms with E-state index < -0.39 is 0 Å². The molecule has 3 N–H and O–H groups in total. The number of hydrogen-bond acceptors (Lipinski definition) is 9. The lowest BCUT2D eigenvalue weighted by molar-refractivity contribution is -0.116. The minimum atomic E-state index is -0.331. The second-order valence-electron chi connectivity index (χ2n) is 6.83. The molecule has 0 saturated carbocycles. The van der Waals surface area contributed by atoms with Crippen LogP contribution in [0.3, 0.4) is 0 Å². The van der Waals surface area contributed by atoms with Crippen molar-refractivity contribution in [3.05, 3.63) is 48.5 Å². The van der Waals surface area contributed by atoms with Crippen LogP contribution in [0.4, 0.5) is 11.5 Å². The van der Waals surface area contributed by atoms with E-state index in [4.69, 9.17) is 19.7 Å². The van der Waals surface area contributed by atoms with E-state index in [9.17, 15) is 4.79 Å². The summed E-state index contributed by atoms with van der Waals surface area (Å²) in [6.45, 7) is -0.117. The zero-order chi connectivity index (χ0) is 23.4. The number of rotatable bonds is 8. The molecule has 33 heavy (non-hydrogen) atoms. The van der Waals surface area contributed by atoms with Crippen LogP contribution in [0.15, 0.2) is 58.1 Å². The molecule has 0 spiro atoms. The molecule has 2 aromatic carbocycles. The summed E-state index contributed by atoms with van der Waals surface area (Å²) < 4.78 is 17.4. The van der Waals surface area contributed by atoms with Crippen molar-refractivity contribution in [1.82, 2.24) is 19.9 Å². The van der Waals surface area contributed by atoms with Crippen molar-refractivity contribution in [2.75, 3.05) is 31.5 Å². The molecule has 2 heterocycles. The van der Waals surface area contributed by atoms with Crippen molar-refractivity contribution in [2.24, 2.45) is 0 Å². The lowest BCUT2D eigenvalue weighted by Gasteiger charge is -2.12. The van der Waals surface area contributed by atoms with E-state index in [1.807, 2.05) is 36.6 Å². The summed E-state index contributed by atoms with van der Waals surface area (Å²) in [6, 6.07) is 14.6. The van der Waals surface area contributed by atoms with E-state index in [1.165, 1.54) is 23.6 Å².